The van der Waals surface area contributed by atoms with Gasteiger partial charge in [0.25, 0.3) is 0 Å². The molecule has 2 N–H and O–H groups in total. The van der Waals surface area contributed by atoms with Gasteiger partial charge in [-0.1, -0.05) is 6.92 Å². The molecule has 4 heteroatoms. The van der Waals surface area contributed by atoms with E-state index in [1.54, 1.807) is 0 Å². The minimum absolute atomic E-state index is 0.112. The van der Waals surface area contributed by atoms with E-state index in [0.717, 1.165) is 39.3 Å². The van der Waals surface area contributed by atoms with Crippen molar-refractivity contribution in [2.75, 3.05) is 53.5 Å². The van der Waals surface area contributed by atoms with Crippen LogP contribution in [0.1, 0.15) is 19.8 Å². The number of ether oxygens (including phenoxy) is 1. The molecule has 1 atom stereocenters. The fraction of sp³-hybridized carbons (Fsp3) is 1.00. The van der Waals surface area contributed by atoms with Crippen LogP contribution in [0.4, 0.5) is 0 Å². The Morgan fingerprint density at radius 1 is 1.31 bits per heavy atom. The fourth-order valence-corrected chi connectivity index (χ4v) is 2.44. The van der Waals surface area contributed by atoms with E-state index in [1.807, 2.05) is 0 Å². The van der Waals surface area contributed by atoms with Crippen molar-refractivity contribution in [3.05, 3.63) is 0 Å². The number of rotatable bonds is 7. The van der Waals surface area contributed by atoms with Crippen LogP contribution in [-0.2, 0) is 4.74 Å². The highest BCUT2D eigenvalue weighted by molar-refractivity contribution is 4.94. The minimum atomic E-state index is 0.112. The Bertz CT molecular complexity index is 191. The molecule has 16 heavy (non-hydrogen) atoms. The molecule has 1 heterocycles. The van der Waals surface area contributed by atoms with Crippen molar-refractivity contribution in [3.63, 3.8) is 0 Å². The molecule has 0 radical (unpaired) electrons. The van der Waals surface area contributed by atoms with E-state index in [-0.39, 0.29) is 5.54 Å². The second-order valence-electron chi connectivity index (χ2n) is 4.97. The lowest BCUT2D eigenvalue weighted by atomic mass is 9.96. The first-order valence-electron chi connectivity index (χ1n) is 6.32. The van der Waals surface area contributed by atoms with Gasteiger partial charge in [-0.05, 0) is 40.0 Å². The Kier molecular flexibility index (Phi) is 5.69. The standard InChI is InChI=1S/C12H27N3O/c1-4-15(8-5-7-14(2)3)12(10-13)6-9-16-11-12/h4-11,13H2,1-3H3. The van der Waals surface area contributed by atoms with Gasteiger partial charge in [0.1, 0.15) is 0 Å². The van der Waals surface area contributed by atoms with Gasteiger partial charge < -0.3 is 15.4 Å². The predicted molar refractivity (Wildman–Crippen MR) is 67.6 cm³/mol. The highest BCUT2D eigenvalue weighted by atomic mass is 16.5. The Morgan fingerprint density at radius 2 is 2.06 bits per heavy atom. The summed E-state index contributed by atoms with van der Waals surface area (Å²) < 4.78 is 5.53. The van der Waals surface area contributed by atoms with Crippen LogP contribution in [0.15, 0.2) is 0 Å². The highest BCUT2D eigenvalue weighted by Gasteiger charge is 2.38. The van der Waals surface area contributed by atoms with E-state index in [1.165, 1.54) is 6.42 Å². The maximum absolute atomic E-state index is 5.94. The van der Waals surface area contributed by atoms with E-state index < -0.39 is 0 Å². The zero-order valence-corrected chi connectivity index (χ0v) is 11.0. The molecule has 0 aromatic rings. The summed E-state index contributed by atoms with van der Waals surface area (Å²) in [7, 11) is 4.24. The van der Waals surface area contributed by atoms with Crippen molar-refractivity contribution >= 4 is 0 Å². The van der Waals surface area contributed by atoms with E-state index in [0.29, 0.717) is 6.54 Å². The van der Waals surface area contributed by atoms with E-state index in [2.05, 4.69) is 30.8 Å². The molecule has 0 amide bonds. The van der Waals surface area contributed by atoms with Gasteiger partial charge in [0.2, 0.25) is 0 Å². The van der Waals surface area contributed by atoms with Gasteiger partial charge in [-0.25, -0.2) is 0 Å². The zero-order valence-electron chi connectivity index (χ0n) is 11.0. The third kappa shape index (κ3) is 3.42. The Labute approximate surface area is 99.7 Å². The third-order valence-corrected chi connectivity index (χ3v) is 3.55. The summed E-state index contributed by atoms with van der Waals surface area (Å²) in [5.74, 6) is 0. The zero-order chi connectivity index (χ0) is 12.0. The molecule has 0 bridgehead atoms. The number of nitrogens with zero attached hydrogens (tertiary/aromatic N) is 2. The van der Waals surface area contributed by atoms with Gasteiger partial charge in [-0.2, -0.15) is 0 Å². The first-order chi connectivity index (χ1) is 7.64. The second kappa shape index (κ2) is 6.55. The summed E-state index contributed by atoms with van der Waals surface area (Å²) >= 11 is 0. The normalized spacial score (nSPS) is 25.9. The molecule has 1 unspecified atom stereocenters. The molecule has 4 nitrogen and oxygen atoms in total. The molecule has 0 aromatic carbocycles. The molecule has 0 spiro atoms. The van der Waals surface area contributed by atoms with Crippen LogP contribution in [0.3, 0.4) is 0 Å². The number of hydrogen-bond acceptors (Lipinski definition) is 4. The summed E-state index contributed by atoms with van der Waals surface area (Å²) in [5, 5.41) is 0. The SMILES string of the molecule is CCN(CCCN(C)C)C1(CN)CCOC1. The summed E-state index contributed by atoms with van der Waals surface area (Å²) in [6, 6.07) is 0. The van der Waals surface area contributed by atoms with Crippen molar-refractivity contribution in [1.29, 1.82) is 0 Å². The fourth-order valence-electron chi connectivity index (χ4n) is 2.44. The molecular weight excluding hydrogens is 202 g/mol. The number of nitrogens with two attached hydrogens (primary N) is 1. The maximum atomic E-state index is 5.94. The lowest BCUT2D eigenvalue weighted by Gasteiger charge is -2.39. The predicted octanol–water partition coefficient (Wildman–Crippen LogP) is 0.378. The molecule has 0 aliphatic carbocycles. The summed E-state index contributed by atoms with van der Waals surface area (Å²) in [4.78, 5) is 4.73. The quantitative estimate of drug-likeness (QED) is 0.685. The van der Waals surface area contributed by atoms with Crippen LogP contribution in [0, 0.1) is 0 Å². The Morgan fingerprint density at radius 3 is 2.50 bits per heavy atom. The van der Waals surface area contributed by atoms with Gasteiger partial charge in [0.05, 0.1) is 12.1 Å². The summed E-state index contributed by atoms with van der Waals surface area (Å²) in [6.07, 6.45) is 2.28. The average Bonchev–Trinajstić information content (AvgIpc) is 2.73. The molecule has 1 saturated heterocycles. The van der Waals surface area contributed by atoms with Crippen molar-refractivity contribution in [2.45, 2.75) is 25.3 Å². The summed E-state index contributed by atoms with van der Waals surface area (Å²) in [5.41, 5.74) is 6.06. The van der Waals surface area contributed by atoms with Crippen LogP contribution in [-0.4, -0.2) is 68.8 Å². The molecule has 1 fully saturated rings. The Hall–Kier alpha value is -0.160. The second-order valence-corrected chi connectivity index (χ2v) is 4.97. The molecule has 96 valence electrons. The molecule has 1 rings (SSSR count). The van der Waals surface area contributed by atoms with E-state index in [4.69, 9.17) is 10.5 Å². The number of likely N-dealkylation sites (N-methyl/N-ethyl adjacent to an activating group) is 1. The lowest BCUT2D eigenvalue weighted by Crippen LogP contribution is -2.55. The third-order valence-electron chi connectivity index (χ3n) is 3.55. The Balaban J connectivity index is 2.44. The van der Waals surface area contributed by atoms with Crippen molar-refractivity contribution in [3.8, 4) is 0 Å². The lowest BCUT2D eigenvalue weighted by molar-refractivity contribution is 0.0734. The first kappa shape index (κ1) is 13.9. The minimum Gasteiger partial charge on any atom is -0.379 e. The molecular formula is C12H27N3O. The maximum Gasteiger partial charge on any atom is 0.0663 e. The van der Waals surface area contributed by atoms with Crippen molar-refractivity contribution in [2.24, 2.45) is 5.73 Å². The smallest absolute Gasteiger partial charge is 0.0663 e. The van der Waals surface area contributed by atoms with Crippen LogP contribution in [0.5, 0.6) is 0 Å². The monoisotopic (exact) mass is 229 g/mol. The van der Waals surface area contributed by atoms with Gasteiger partial charge in [-0.15, -0.1) is 0 Å². The average molecular weight is 229 g/mol. The van der Waals surface area contributed by atoms with Crippen LogP contribution in [0.25, 0.3) is 0 Å². The summed E-state index contributed by atoms with van der Waals surface area (Å²) in [6.45, 7) is 7.91. The molecule has 0 saturated carbocycles. The van der Waals surface area contributed by atoms with Gasteiger partial charge >= 0.3 is 0 Å². The largest absolute Gasteiger partial charge is 0.379 e. The van der Waals surface area contributed by atoms with Crippen LogP contribution < -0.4 is 5.73 Å². The van der Waals surface area contributed by atoms with Gasteiger partial charge in [-0.3, -0.25) is 4.90 Å². The van der Waals surface area contributed by atoms with Crippen LogP contribution >= 0.6 is 0 Å². The van der Waals surface area contributed by atoms with E-state index in [9.17, 15) is 0 Å². The van der Waals surface area contributed by atoms with Gasteiger partial charge in [0, 0.05) is 19.7 Å². The molecule has 0 aromatic heterocycles. The number of hydrogen-bond donors (Lipinski definition) is 1. The highest BCUT2D eigenvalue weighted by Crippen LogP contribution is 2.25. The van der Waals surface area contributed by atoms with E-state index >= 15 is 0 Å². The van der Waals surface area contributed by atoms with Crippen LogP contribution in [0.2, 0.25) is 0 Å². The van der Waals surface area contributed by atoms with Gasteiger partial charge in [0.15, 0.2) is 0 Å². The first-order valence-corrected chi connectivity index (χ1v) is 6.32. The molecule has 1 aliphatic heterocycles. The van der Waals surface area contributed by atoms with Crippen molar-refractivity contribution < 1.29 is 4.74 Å². The topological polar surface area (TPSA) is 41.7 Å². The van der Waals surface area contributed by atoms with Crippen molar-refractivity contribution in [1.82, 2.24) is 9.80 Å². The molecule has 1 aliphatic rings.